The molecule has 0 aliphatic carbocycles. The molecule has 0 aliphatic rings. The molecule has 2 N–H and O–H groups in total. The molecule has 0 bridgehead atoms. The van der Waals surface area contributed by atoms with Gasteiger partial charge in [0, 0.05) is 4.90 Å². The molecule has 0 fully saturated rings. The Bertz CT molecular complexity index is 704. The first-order valence-electron chi connectivity index (χ1n) is 15.8. The molecule has 2 nitrogen and oxygen atoms in total. The molecular weight excluding hydrogens is 511 g/mol. The first-order chi connectivity index (χ1) is 18.0. The van der Waals surface area contributed by atoms with Crippen LogP contribution in [0, 0.1) is 0 Å². The molecule has 0 radical (unpaired) electrons. The maximum Gasteiger partial charge on any atom is 0.246 e. The molecule has 0 spiro atoms. The van der Waals surface area contributed by atoms with Crippen LogP contribution in [0.2, 0.25) is 0 Å². The average Bonchev–Trinajstić information content (AvgIpc) is 2.86. The van der Waals surface area contributed by atoms with Gasteiger partial charge in [0.15, 0.2) is 0 Å². The Hall–Kier alpha value is 0.140. The van der Waals surface area contributed by atoms with Crippen LogP contribution < -0.4 is 0 Å². The van der Waals surface area contributed by atoms with Crippen LogP contribution in [0.4, 0.5) is 0 Å². The van der Waals surface area contributed by atoms with Crippen LogP contribution in [0.15, 0.2) is 23.1 Å². The highest BCUT2D eigenvalue weighted by atomic mass is 32.9. The second kappa shape index (κ2) is 24.0. The summed E-state index contributed by atoms with van der Waals surface area (Å²) in [6, 6.07) is 6.58. The van der Waals surface area contributed by atoms with E-state index in [0.29, 0.717) is 0 Å². The quantitative estimate of drug-likeness (QED) is 0.0858. The summed E-state index contributed by atoms with van der Waals surface area (Å²) in [5, 5.41) is 0. The van der Waals surface area contributed by atoms with E-state index in [1.54, 1.807) is 0 Å². The van der Waals surface area contributed by atoms with E-state index in [9.17, 15) is 9.79 Å². The van der Waals surface area contributed by atoms with Crippen LogP contribution in [0.25, 0.3) is 0 Å². The molecule has 1 aromatic carbocycles. The van der Waals surface area contributed by atoms with E-state index in [1.807, 2.05) is 0 Å². The van der Waals surface area contributed by atoms with Gasteiger partial charge in [-0.3, -0.25) is 0 Å². The molecule has 5 heteroatoms. The standard InChI is InChI=1S/C32H59O2PS2/c1-3-5-7-9-11-13-15-17-19-21-23-25-30-27-28-32(37-35(33,34)36)31(29-30)26-24-22-20-18-16-14-12-10-8-6-4-2/h27-29H,3-26H2,1-2H3,(H2,33,34,36). The van der Waals surface area contributed by atoms with Crippen LogP contribution in [-0.4, -0.2) is 9.79 Å². The van der Waals surface area contributed by atoms with Crippen molar-refractivity contribution in [2.75, 3.05) is 0 Å². The second-order valence-corrected chi connectivity index (χ2v) is 17.0. The smallest absolute Gasteiger partial charge is 0.246 e. The van der Waals surface area contributed by atoms with Gasteiger partial charge in [-0.15, -0.1) is 0 Å². The Morgan fingerprint density at radius 1 is 0.568 bits per heavy atom. The molecule has 0 aliphatic heterocycles. The van der Waals surface area contributed by atoms with Gasteiger partial charge in [-0.05, 0) is 66.1 Å². The Morgan fingerprint density at radius 2 is 0.946 bits per heavy atom. The highest BCUT2D eigenvalue weighted by molar-refractivity contribution is 8.67. The number of hydrogen-bond donors (Lipinski definition) is 2. The van der Waals surface area contributed by atoms with E-state index in [2.05, 4.69) is 32.0 Å². The van der Waals surface area contributed by atoms with E-state index >= 15 is 0 Å². The van der Waals surface area contributed by atoms with Gasteiger partial charge in [0.05, 0.1) is 0 Å². The lowest BCUT2D eigenvalue weighted by Crippen LogP contribution is -1.94. The number of aryl methyl sites for hydroxylation is 2. The van der Waals surface area contributed by atoms with Crippen LogP contribution >= 0.6 is 17.1 Å². The number of unbranched alkanes of at least 4 members (excludes halogenated alkanes) is 20. The predicted octanol–water partition coefficient (Wildman–Crippen LogP) is 11.7. The number of benzene rings is 1. The zero-order valence-electron chi connectivity index (χ0n) is 24.4. The van der Waals surface area contributed by atoms with Crippen molar-refractivity contribution < 1.29 is 9.79 Å². The van der Waals surface area contributed by atoms with E-state index < -0.39 is 5.69 Å². The fourth-order valence-electron chi connectivity index (χ4n) is 5.17. The van der Waals surface area contributed by atoms with Gasteiger partial charge in [-0.1, -0.05) is 154 Å². The summed E-state index contributed by atoms with van der Waals surface area (Å²) in [4.78, 5) is 20.7. The zero-order valence-corrected chi connectivity index (χ0v) is 26.9. The van der Waals surface area contributed by atoms with Crippen molar-refractivity contribution in [1.29, 1.82) is 0 Å². The van der Waals surface area contributed by atoms with Crippen molar-refractivity contribution in [1.82, 2.24) is 0 Å². The van der Waals surface area contributed by atoms with E-state index in [-0.39, 0.29) is 0 Å². The number of rotatable bonds is 26. The van der Waals surface area contributed by atoms with Crippen LogP contribution in [0.3, 0.4) is 0 Å². The second-order valence-electron chi connectivity index (χ2n) is 11.1. The molecule has 216 valence electrons. The van der Waals surface area contributed by atoms with Gasteiger partial charge in [0.2, 0.25) is 5.69 Å². The first kappa shape index (κ1) is 35.2. The lowest BCUT2D eigenvalue weighted by molar-refractivity contribution is 0.502. The van der Waals surface area contributed by atoms with E-state index in [4.69, 9.17) is 11.8 Å². The molecule has 0 saturated heterocycles. The largest absolute Gasteiger partial charge is 0.337 e. The molecule has 0 unspecified atom stereocenters. The maximum absolute atomic E-state index is 9.89. The van der Waals surface area contributed by atoms with Crippen LogP contribution in [-0.2, 0) is 24.6 Å². The minimum Gasteiger partial charge on any atom is -0.337 e. The summed E-state index contributed by atoms with van der Waals surface area (Å²) in [5.74, 6) is 0. The van der Waals surface area contributed by atoms with Crippen molar-refractivity contribution in [2.45, 2.75) is 173 Å². The van der Waals surface area contributed by atoms with Crippen molar-refractivity contribution in [3.05, 3.63) is 29.3 Å². The summed E-state index contributed by atoms with van der Waals surface area (Å²) < 4.78 is 0. The number of hydrogen-bond acceptors (Lipinski definition) is 2. The minimum absolute atomic E-state index is 0.975. The lowest BCUT2D eigenvalue weighted by atomic mass is 9.99. The zero-order chi connectivity index (χ0) is 27.0. The Labute approximate surface area is 240 Å². The summed E-state index contributed by atoms with van der Waals surface area (Å²) in [7, 11) is 0. The molecule has 37 heavy (non-hydrogen) atoms. The van der Waals surface area contributed by atoms with E-state index in [0.717, 1.165) is 29.1 Å². The Morgan fingerprint density at radius 3 is 1.35 bits per heavy atom. The van der Waals surface area contributed by atoms with Crippen molar-refractivity contribution in [3.63, 3.8) is 0 Å². The van der Waals surface area contributed by atoms with Gasteiger partial charge in [-0.25, -0.2) is 0 Å². The molecule has 0 saturated carbocycles. The van der Waals surface area contributed by atoms with Gasteiger partial charge in [0.25, 0.3) is 0 Å². The SMILES string of the molecule is CCCCCCCCCCCCCc1ccc(SP(O)(O)=S)c(CCCCCCCCCCCCC)c1. The third kappa shape index (κ3) is 21.6. The summed E-state index contributed by atoms with van der Waals surface area (Å²) in [6.07, 6.45) is 32.0. The Kier molecular flexibility index (Phi) is 22.8. The van der Waals surface area contributed by atoms with Crippen LogP contribution in [0.5, 0.6) is 0 Å². The van der Waals surface area contributed by atoms with Gasteiger partial charge in [0.1, 0.15) is 0 Å². The molecule has 0 aromatic heterocycles. The topological polar surface area (TPSA) is 40.5 Å². The maximum atomic E-state index is 9.89. The predicted molar refractivity (Wildman–Crippen MR) is 171 cm³/mol. The first-order valence-corrected chi connectivity index (χ1v) is 20.0. The highest BCUT2D eigenvalue weighted by Gasteiger charge is 2.14. The molecule has 0 heterocycles. The normalized spacial score (nSPS) is 11.9. The van der Waals surface area contributed by atoms with Crippen molar-refractivity contribution >= 4 is 28.9 Å². The molecular formula is C32H59O2PS2. The fraction of sp³-hybridized carbons (Fsp3) is 0.812. The molecule has 0 amide bonds. The van der Waals surface area contributed by atoms with Gasteiger partial charge in [-0.2, -0.15) is 0 Å². The fourth-order valence-corrected chi connectivity index (χ4v) is 7.86. The summed E-state index contributed by atoms with van der Waals surface area (Å²) in [5.41, 5.74) is -0.642. The van der Waals surface area contributed by atoms with E-state index in [1.165, 1.54) is 152 Å². The summed E-state index contributed by atoms with van der Waals surface area (Å²) in [6.45, 7) is 4.56. The molecule has 0 atom stereocenters. The van der Waals surface area contributed by atoms with Crippen LogP contribution in [0.1, 0.15) is 166 Å². The van der Waals surface area contributed by atoms with Gasteiger partial charge >= 0.3 is 0 Å². The lowest BCUT2D eigenvalue weighted by Gasteiger charge is -2.14. The van der Waals surface area contributed by atoms with Gasteiger partial charge < -0.3 is 9.79 Å². The highest BCUT2D eigenvalue weighted by Crippen LogP contribution is 2.55. The van der Waals surface area contributed by atoms with Crippen molar-refractivity contribution in [3.8, 4) is 0 Å². The third-order valence-electron chi connectivity index (χ3n) is 7.46. The monoisotopic (exact) mass is 570 g/mol. The molecule has 1 rings (SSSR count). The Balaban J connectivity index is 2.29. The van der Waals surface area contributed by atoms with Crippen molar-refractivity contribution in [2.24, 2.45) is 0 Å². The average molecular weight is 571 g/mol. The third-order valence-corrected chi connectivity index (χ3v) is 10.3. The minimum atomic E-state index is -3.30. The summed E-state index contributed by atoms with van der Waals surface area (Å²) >= 11 is 6.03. The molecule has 1 aromatic rings.